The van der Waals surface area contributed by atoms with Crippen LogP contribution in [0.2, 0.25) is 0 Å². The van der Waals surface area contributed by atoms with Gasteiger partial charge in [0.05, 0.1) is 11.1 Å². The summed E-state index contributed by atoms with van der Waals surface area (Å²) in [6.45, 7) is 6.24. The summed E-state index contributed by atoms with van der Waals surface area (Å²) >= 11 is 0. The van der Waals surface area contributed by atoms with E-state index in [2.05, 4.69) is 0 Å². The molecule has 1 aliphatic rings. The van der Waals surface area contributed by atoms with Crippen LogP contribution in [0.15, 0.2) is 18.2 Å². The van der Waals surface area contributed by atoms with Gasteiger partial charge in [-0.25, -0.2) is 9.59 Å². The van der Waals surface area contributed by atoms with Gasteiger partial charge in [-0.05, 0) is 44.9 Å². The largest absolute Gasteiger partial charge is 0.478 e. The molecular weight excluding hydrogens is 377 g/mol. The van der Waals surface area contributed by atoms with Crippen molar-refractivity contribution in [2.45, 2.75) is 51.6 Å². The van der Waals surface area contributed by atoms with E-state index in [1.807, 2.05) is 4.90 Å². The van der Waals surface area contributed by atoms with Crippen LogP contribution in [0.25, 0.3) is 0 Å². The van der Waals surface area contributed by atoms with E-state index in [1.54, 1.807) is 27.8 Å². The highest BCUT2D eigenvalue weighted by atomic mass is 19.4. The Morgan fingerprint density at radius 2 is 1.93 bits per heavy atom. The molecule has 1 unspecified atom stereocenters. The number of alkyl halides is 3. The Balaban J connectivity index is 2.09. The van der Waals surface area contributed by atoms with Crippen molar-refractivity contribution < 1.29 is 32.6 Å². The van der Waals surface area contributed by atoms with Crippen LogP contribution < -0.4 is 0 Å². The molecule has 1 saturated heterocycles. The Morgan fingerprint density at radius 3 is 2.46 bits per heavy atom. The predicted octanol–water partition coefficient (Wildman–Crippen LogP) is 3.84. The molecule has 0 radical (unpaired) electrons. The van der Waals surface area contributed by atoms with Crippen molar-refractivity contribution in [3.63, 3.8) is 0 Å². The van der Waals surface area contributed by atoms with E-state index < -0.39 is 35.0 Å². The molecule has 1 N–H and O–H groups in total. The van der Waals surface area contributed by atoms with Gasteiger partial charge in [-0.15, -0.1) is 0 Å². The monoisotopic (exact) mass is 402 g/mol. The van der Waals surface area contributed by atoms with E-state index in [9.17, 15) is 22.8 Å². The molecular formula is C19H25F3N2O4. The molecule has 1 aromatic rings. The van der Waals surface area contributed by atoms with Crippen LogP contribution in [0.1, 0.15) is 48.7 Å². The molecule has 1 aromatic carbocycles. The Morgan fingerprint density at radius 1 is 1.29 bits per heavy atom. The lowest BCUT2D eigenvalue weighted by atomic mass is 10.0. The molecule has 1 aliphatic heterocycles. The number of hydrogen-bond donors (Lipinski definition) is 1. The van der Waals surface area contributed by atoms with Crippen molar-refractivity contribution in [2.75, 3.05) is 20.1 Å². The zero-order chi connectivity index (χ0) is 21.3. The second-order valence-electron chi connectivity index (χ2n) is 7.94. The quantitative estimate of drug-likeness (QED) is 0.829. The number of likely N-dealkylation sites (N-methyl/N-ethyl adjacent to an activating group) is 1. The molecule has 2 rings (SSSR count). The Kier molecular flexibility index (Phi) is 6.27. The molecule has 1 fully saturated rings. The summed E-state index contributed by atoms with van der Waals surface area (Å²) in [4.78, 5) is 26.5. The number of halogens is 3. The number of benzene rings is 1. The number of likely N-dealkylation sites (tertiary alicyclic amines) is 1. The number of amides is 1. The van der Waals surface area contributed by atoms with Gasteiger partial charge in [0.1, 0.15) is 5.60 Å². The standard InChI is InChI=1S/C19H25F3N2O4/c1-18(2,3)28-17(27)23(4)14-7-8-24(11-14)10-13-6-5-12(16(25)26)9-15(13)19(20,21)22/h5-6,9,14H,7-8,10-11H2,1-4H3,(H,25,26). The van der Waals surface area contributed by atoms with Crippen LogP contribution in [0.4, 0.5) is 18.0 Å². The summed E-state index contributed by atoms with van der Waals surface area (Å²) in [5.41, 5.74) is -1.97. The summed E-state index contributed by atoms with van der Waals surface area (Å²) in [5, 5.41) is 8.95. The van der Waals surface area contributed by atoms with Gasteiger partial charge < -0.3 is 14.7 Å². The zero-order valence-corrected chi connectivity index (χ0v) is 16.3. The van der Waals surface area contributed by atoms with Gasteiger partial charge in [-0.2, -0.15) is 13.2 Å². The van der Waals surface area contributed by atoms with Crippen LogP contribution in [-0.4, -0.2) is 58.7 Å². The van der Waals surface area contributed by atoms with E-state index in [4.69, 9.17) is 9.84 Å². The first-order valence-electron chi connectivity index (χ1n) is 8.89. The van der Waals surface area contributed by atoms with Crippen molar-refractivity contribution >= 4 is 12.1 Å². The minimum atomic E-state index is -4.65. The predicted molar refractivity (Wildman–Crippen MR) is 96.1 cm³/mol. The molecule has 28 heavy (non-hydrogen) atoms. The van der Waals surface area contributed by atoms with E-state index >= 15 is 0 Å². The van der Waals surface area contributed by atoms with Crippen LogP contribution >= 0.6 is 0 Å². The molecule has 0 aromatic heterocycles. The first-order valence-corrected chi connectivity index (χ1v) is 8.89. The molecule has 1 heterocycles. The normalized spacial score (nSPS) is 18.2. The number of carbonyl (C=O) groups excluding carboxylic acids is 1. The summed E-state index contributed by atoms with van der Waals surface area (Å²) in [5.74, 6) is -1.41. The van der Waals surface area contributed by atoms with Gasteiger partial charge in [0.15, 0.2) is 0 Å². The SMILES string of the molecule is CN(C(=O)OC(C)(C)C)C1CCN(Cc2ccc(C(=O)O)cc2C(F)(F)F)C1. The Bertz CT molecular complexity index is 744. The molecule has 156 valence electrons. The molecule has 0 aliphatic carbocycles. The molecule has 0 spiro atoms. The van der Waals surface area contributed by atoms with Gasteiger partial charge in [0.25, 0.3) is 0 Å². The average molecular weight is 402 g/mol. The number of carboxylic acids is 1. The van der Waals surface area contributed by atoms with E-state index in [-0.39, 0.29) is 18.2 Å². The summed E-state index contributed by atoms with van der Waals surface area (Å²) in [6, 6.07) is 2.88. The third kappa shape index (κ3) is 5.60. The number of carbonyl (C=O) groups is 2. The first kappa shape index (κ1) is 22.0. The first-order chi connectivity index (χ1) is 12.8. The van der Waals surface area contributed by atoms with Crippen LogP contribution in [-0.2, 0) is 17.5 Å². The van der Waals surface area contributed by atoms with Gasteiger partial charge in [0, 0.05) is 32.7 Å². The lowest BCUT2D eigenvalue weighted by Gasteiger charge is -2.28. The van der Waals surface area contributed by atoms with Crippen molar-refractivity contribution in [1.82, 2.24) is 9.80 Å². The minimum absolute atomic E-state index is 0.0121. The average Bonchev–Trinajstić information content (AvgIpc) is 3.00. The lowest BCUT2D eigenvalue weighted by molar-refractivity contribution is -0.138. The fourth-order valence-electron chi connectivity index (χ4n) is 3.11. The number of aromatic carboxylic acids is 1. The highest BCUT2D eigenvalue weighted by Gasteiger charge is 2.36. The lowest BCUT2D eigenvalue weighted by Crippen LogP contribution is -2.42. The number of rotatable bonds is 4. The third-order valence-corrected chi connectivity index (χ3v) is 4.53. The molecule has 1 atom stereocenters. The second kappa shape index (κ2) is 7.98. The Labute approximate surface area is 161 Å². The number of ether oxygens (including phenoxy) is 1. The van der Waals surface area contributed by atoms with Crippen LogP contribution in [0.5, 0.6) is 0 Å². The van der Waals surface area contributed by atoms with Crippen molar-refractivity contribution in [3.05, 3.63) is 34.9 Å². The summed E-state index contributed by atoms with van der Waals surface area (Å²) in [7, 11) is 1.62. The topological polar surface area (TPSA) is 70.1 Å². The smallest absolute Gasteiger partial charge is 0.416 e. The fourth-order valence-corrected chi connectivity index (χ4v) is 3.11. The molecule has 6 nitrogen and oxygen atoms in total. The van der Waals surface area contributed by atoms with Crippen molar-refractivity contribution in [2.24, 2.45) is 0 Å². The fraction of sp³-hybridized carbons (Fsp3) is 0.579. The van der Waals surface area contributed by atoms with Crippen molar-refractivity contribution in [1.29, 1.82) is 0 Å². The number of carboxylic acid groups (broad SMARTS) is 1. The minimum Gasteiger partial charge on any atom is -0.478 e. The van der Waals surface area contributed by atoms with Gasteiger partial charge in [0.2, 0.25) is 0 Å². The highest BCUT2D eigenvalue weighted by molar-refractivity contribution is 5.88. The highest BCUT2D eigenvalue weighted by Crippen LogP contribution is 2.34. The number of hydrogen-bond acceptors (Lipinski definition) is 4. The molecule has 9 heteroatoms. The number of nitrogens with zero attached hydrogens (tertiary/aromatic N) is 2. The molecule has 0 saturated carbocycles. The summed E-state index contributed by atoms with van der Waals surface area (Å²) < 4.78 is 45.4. The molecule has 1 amide bonds. The van der Waals surface area contributed by atoms with E-state index in [0.717, 1.165) is 0 Å². The zero-order valence-electron chi connectivity index (χ0n) is 16.3. The maximum atomic E-state index is 13.4. The van der Waals surface area contributed by atoms with Crippen molar-refractivity contribution in [3.8, 4) is 0 Å². The third-order valence-electron chi connectivity index (χ3n) is 4.53. The van der Waals surface area contributed by atoms with E-state index in [0.29, 0.717) is 25.6 Å². The van der Waals surface area contributed by atoms with Gasteiger partial charge >= 0.3 is 18.2 Å². The van der Waals surface area contributed by atoms with Gasteiger partial charge in [-0.3, -0.25) is 4.90 Å². The van der Waals surface area contributed by atoms with E-state index in [1.165, 1.54) is 17.0 Å². The van der Waals surface area contributed by atoms with Gasteiger partial charge in [-0.1, -0.05) is 6.07 Å². The second-order valence-corrected chi connectivity index (χ2v) is 7.94. The maximum Gasteiger partial charge on any atom is 0.416 e. The van der Waals surface area contributed by atoms with Crippen LogP contribution in [0, 0.1) is 0 Å². The molecule has 0 bridgehead atoms. The van der Waals surface area contributed by atoms with Crippen LogP contribution in [0.3, 0.4) is 0 Å². The maximum absolute atomic E-state index is 13.4. The summed E-state index contributed by atoms with van der Waals surface area (Å²) in [6.07, 6.45) is -4.50. The Hall–Kier alpha value is -2.29.